The molecule has 0 spiro atoms. The molecule has 0 saturated carbocycles. The topological polar surface area (TPSA) is 65.9 Å². The number of dihydropyridines is 1. The lowest BCUT2D eigenvalue weighted by Gasteiger charge is -2.11. The predicted molar refractivity (Wildman–Crippen MR) is 71.2 cm³/mol. The number of allylic oxidation sites excluding steroid dienone is 1. The molecule has 2 heterocycles. The Morgan fingerprint density at radius 1 is 1.33 bits per heavy atom. The average molecular weight is 245 g/mol. The van der Waals surface area contributed by atoms with Gasteiger partial charge < -0.3 is 20.5 Å². The first-order valence-electron chi connectivity index (χ1n) is 6.00. The number of aliphatic imine (C=N–C) groups is 1. The second kappa shape index (κ2) is 4.70. The van der Waals surface area contributed by atoms with Gasteiger partial charge in [-0.05, 0) is 18.2 Å². The van der Waals surface area contributed by atoms with E-state index >= 15 is 0 Å². The molecule has 1 aromatic carbocycles. The molecule has 0 aliphatic carbocycles. The Hall–Kier alpha value is -2.01. The molecule has 0 bridgehead atoms. The number of benzene rings is 1. The van der Waals surface area contributed by atoms with Crippen molar-refractivity contribution in [3.63, 3.8) is 0 Å². The molecule has 0 saturated heterocycles. The smallest absolute Gasteiger partial charge is 0.129 e. The first kappa shape index (κ1) is 11.1. The van der Waals surface area contributed by atoms with Crippen LogP contribution in [0.5, 0.6) is 5.75 Å². The molecule has 2 aliphatic rings. The Morgan fingerprint density at radius 3 is 3.00 bits per heavy atom. The Labute approximate surface area is 105 Å². The highest BCUT2D eigenvalue weighted by Crippen LogP contribution is 2.33. The summed E-state index contributed by atoms with van der Waals surface area (Å²) in [6.07, 6.45) is 4.38. The monoisotopic (exact) mass is 245 g/mol. The Balaban J connectivity index is 1.75. The van der Waals surface area contributed by atoms with E-state index in [9.17, 15) is 0 Å². The van der Waals surface area contributed by atoms with Gasteiger partial charge in [-0.1, -0.05) is 0 Å². The summed E-state index contributed by atoms with van der Waals surface area (Å²) >= 11 is 0. The summed E-state index contributed by atoms with van der Waals surface area (Å²) in [6, 6.07) is 5.80. The number of anilines is 2. The van der Waals surface area contributed by atoms with Crippen LogP contribution in [0.15, 0.2) is 35.0 Å². The van der Waals surface area contributed by atoms with Crippen molar-refractivity contribution >= 4 is 17.6 Å². The third-order valence-electron chi connectivity index (χ3n) is 2.94. The minimum absolute atomic E-state index is 0.0481. The number of nitrogens with zero attached hydrogens (tertiary/aromatic N) is 1. The van der Waals surface area contributed by atoms with Crippen LogP contribution in [-0.4, -0.2) is 30.6 Å². The van der Waals surface area contributed by atoms with Gasteiger partial charge in [-0.3, -0.25) is 4.99 Å². The largest absolute Gasteiger partial charge is 0.462 e. The Kier molecular flexibility index (Phi) is 2.90. The number of hydrogen-bond donors (Lipinski definition) is 3. The van der Waals surface area contributed by atoms with Crippen molar-refractivity contribution in [2.45, 2.75) is 12.6 Å². The maximum absolute atomic E-state index is 9.09. The van der Waals surface area contributed by atoms with Gasteiger partial charge in [-0.2, -0.15) is 0 Å². The number of hydrogen-bond acceptors (Lipinski definition) is 5. The molecule has 3 N–H and O–H groups in total. The van der Waals surface area contributed by atoms with Crippen LogP contribution >= 0.6 is 0 Å². The lowest BCUT2D eigenvalue weighted by Crippen LogP contribution is -2.25. The van der Waals surface area contributed by atoms with Crippen molar-refractivity contribution in [1.82, 2.24) is 0 Å². The van der Waals surface area contributed by atoms with Gasteiger partial charge in [-0.25, -0.2) is 0 Å². The van der Waals surface area contributed by atoms with Crippen molar-refractivity contribution in [2.24, 2.45) is 4.99 Å². The molecule has 1 unspecified atom stereocenters. The third kappa shape index (κ3) is 2.17. The van der Waals surface area contributed by atoms with E-state index in [1.807, 2.05) is 24.3 Å². The van der Waals surface area contributed by atoms with E-state index in [1.54, 1.807) is 6.21 Å². The van der Waals surface area contributed by atoms with Gasteiger partial charge in [-0.15, -0.1) is 0 Å². The minimum Gasteiger partial charge on any atom is -0.462 e. The van der Waals surface area contributed by atoms with E-state index in [-0.39, 0.29) is 12.8 Å². The minimum atomic E-state index is -0.115. The van der Waals surface area contributed by atoms with E-state index in [1.165, 1.54) is 0 Å². The average Bonchev–Trinajstić information content (AvgIpc) is 2.82. The number of aliphatic hydroxyl groups excluding tert-OH is 1. The second-order valence-corrected chi connectivity index (χ2v) is 4.27. The van der Waals surface area contributed by atoms with E-state index in [0.717, 1.165) is 35.8 Å². The first-order valence-corrected chi connectivity index (χ1v) is 6.00. The van der Waals surface area contributed by atoms with Gasteiger partial charge in [0, 0.05) is 25.2 Å². The molecule has 2 aliphatic heterocycles. The predicted octanol–water partition coefficient (Wildman–Crippen LogP) is 1.58. The van der Waals surface area contributed by atoms with Crippen LogP contribution in [-0.2, 0) is 0 Å². The fourth-order valence-corrected chi connectivity index (χ4v) is 2.04. The zero-order valence-corrected chi connectivity index (χ0v) is 9.89. The van der Waals surface area contributed by atoms with Crippen LogP contribution < -0.4 is 15.4 Å². The molecule has 0 amide bonds. The van der Waals surface area contributed by atoms with Gasteiger partial charge in [0.25, 0.3) is 0 Å². The van der Waals surface area contributed by atoms with E-state index < -0.39 is 0 Å². The lowest BCUT2D eigenvalue weighted by atomic mass is 10.2. The Morgan fingerprint density at radius 2 is 2.22 bits per heavy atom. The van der Waals surface area contributed by atoms with Crippen molar-refractivity contribution in [1.29, 1.82) is 0 Å². The van der Waals surface area contributed by atoms with Crippen molar-refractivity contribution in [3.05, 3.63) is 30.0 Å². The molecular formula is C13H15N3O2. The number of aliphatic hydroxyl groups is 1. The zero-order valence-electron chi connectivity index (χ0n) is 9.89. The summed E-state index contributed by atoms with van der Waals surface area (Å²) in [4.78, 5) is 4.12. The van der Waals surface area contributed by atoms with Crippen LogP contribution in [0.3, 0.4) is 0 Å². The number of nitrogens with one attached hydrogen (secondary N) is 2. The molecule has 1 atom stereocenters. The summed E-state index contributed by atoms with van der Waals surface area (Å²) < 4.78 is 5.79. The maximum Gasteiger partial charge on any atom is 0.129 e. The molecule has 0 fully saturated rings. The number of ether oxygens (including phenoxy) is 1. The molecular weight excluding hydrogens is 230 g/mol. The number of fused-ring (bicyclic) bond motifs is 1. The maximum atomic E-state index is 9.09. The fraction of sp³-hybridized carbons (Fsp3) is 0.308. The van der Waals surface area contributed by atoms with Crippen LogP contribution in [0.4, 0.5) is 11.4 Å². The molecule has 18 heavy (non-hydrogen) atoms. The molecule has 94 valence electrons. The quantitative estimate of drug-likeness (QED) is 0.756. The zero-order chi connectivity index (χ0) is 12.4. The molecule has 0 aromatic heterocycles. The van der Waals surface area contributed by atoms with Crippen molar-refractivity contribution in [2.75, 3.05) is 23.8 Å². The molecule has 0 radical (unpaired) electrons. The summed E-state index contributed by atoms with van der Waals surface area (Å²) in [5.41, 5.74) is 1.94. The molecule has 5 heteroatoms. The molecule has 3 rings (SSSR count). The SMILES string of the molecule is OCC1Nc2ccc(OC3=CC=NCC3)cc2N1. The van der Waals surface area contributed by atoms with Crippen molar-refractivity contribution < 1.29 is 9.84 Å². The highest BCUT2D eigenvalue weighted by atomic mass is 16.5. The van der Waals surface area contributed by atoms with E-state index in [2.05, 4.69) is 15.6 Å². The van der Waals surface area contributed by atoms with Gasteiger partial charge in [0.1, 0.15) is 17.7 Å². The van der Waals surface area contributed by atoms with E-state index in [4.69, 9.17) is 9.84 Å². The highest BCUT2D eigenvalue weighted by Gasteiger charge is 2.19. The summed E-state index contributed by atoms with van der Waals surface area (Å²) in [6.45, 7) is 0.829. The summed E-state index contributed by atoms with van der Waals surface area (Å²) in [5.74, 6) is 1.72. The van der Waals surface area contributed by atoms with Crippen LogP contribution in [0.25, 0.3) is 0 Å². The van der Waals surface area contributed by atoms with Gasteiger partial charge in [0.05, 0.1) is 18.0 Å². The molecule has 1 aromatic rings. The second-order valence-electron chi connectivity index (χ2n) is 4.27. The molecule has 5 nitrogen and oxygen atoms in total. The Bertz CT molecular complexity index is 511. The normalized spacial score (nSPS) is 20.7. The van der Waals surface area contributed by atoms with Crippen LogP contribution in [0.2, 0.25) is 0 Å². The summed E-state index contributed by atoms with van der Waals surface area (Å²) in [7, 11) is 0. The van der Waals surface area contributed by atoms with Gasteiger partial charge in [0.15, 0.2) is 0 Å². The first-order chi connectivity index (χ1) is 8.85. The van der Waals surface area contributed by atoms with Gasteiger partial charge in [0.2, 0.25) is 0 Å². The summed E-state index contributed by atoms with van der Waals surface area (Å²) in [5, 5.41) is 15.4. The fourth-order valence-electron chi connectivity index (χ4n) is 2.04. The van der Waals surface area contributed by atoms with Crippen LogP contribution in [0.1, 0.15) is 6.42 Å². The highest BCUT2D eigenvalue weighted by molar-refractivity contribution is 5.76. The standard InChI is InChI=1S/C13H15N3O2/c17-8-13-15-11-2-1-10(7-12(11)16-13)18-9-3-5-14-6-4-9/h1-3,5,7,13,15-17H,4,6,8H2. The lowest BCUT2D eigenvalue weighted by molar-refractivity contribution is 0.286. The number of rotatable bonds is 3. The third-order valence-corrected chi connectivity index (χ3v) is 2.94. The van der Waals surface area contributed by atoms with E-state index in [0.29, 0.717) is 0 Å². The van der Waals surface area contributed by atoms with Gasteiger partial charge >= 0.3 is 0 Å². The van der Waals surface area contributed by atoms with Crippen LogP contribution in [0, 0.1) is 0 Å². The van der Waals surface area contributed by atoms with Crippen molar-refractivity contribution in [3.8, 4) is 5.75 Å².